The Hall–Kier alpha value is -8.01. The summed E-state index contributed by atoms with van der Waals surface area (Å²) in [4.78, 5) is 2.33. The van der Waals surface area contributed by atoms with Gasteiger partial charge in [0.2, 0.25) is 0 Å². The van der Waals surface area contributed by atoms with Crippen molar-refractivity contribution in [2.75, 3.05) is 10.2 Å². The molecule has 0 saturated carbocycles. The maximum atomic E-state index is 10.5. The molecule has 0 unspecified atom stereocenters. The highest BCUT2D eigenvalue weighted by Gasteiger charge is 2.22. The Kier molecular flexibility index (Phi) is 7.88. The third-order valence-corrected chi connectivity index (χ3v) is 13.5. The summed E-state index contributed by atoms with van der Waals surface area (Å²) >= 11 is 0. The smallest absolute Gasteiger partial charge is 0.156 e. The highest BCUT2D eigenvalue weighted by Crippen LogP contribution is 2.45. The molecule has 0 aliphatic rings. The highest BCUT2D eigenvalue weighted by molar-refractivity contribution is 6.25. The number of rotatable bonds is 5. The largest absolute Gasteiger partial charge is 0.456 e. The summed E-state index contributed by atoms with van der Waals surface area (Å²) in [7, 11) is 0. The second kappa shape index (κ2) is 13.5. The molecule has 0 amide bonds. The second-order valence-electron chi connectivity index (χ2n) is 17.3. The zero-order chi connectivity index (χ0) is 42.8. The molecule has 3 aromatic heterocycles. The van der Waals surface area contributed by atoms with Gasteiger partial charge in [0.1, 0.15) is 34.0 Å². The van der Waals surface area contributed by atoms with Crippen LogP contribution in [0.3, 0.4) is 0 Å². The lowest BCUT2D eigenvalue weighted by Crippen LogP contribution is -2.11. The molecule has 302 valence electrons. The van der Waals surface area contributed by atoms with Crippen molar-refractivity contribution in [1.82, 2.24) is 0 Å². The molecule has 6 nitrogen and oxygen atoms in total. The molecule has 0 bridgehead atoms. The van der Waals surface area contributed by atoms with Crippen molar-refractivity contribution in [1.29, 1.82) is 5.26 Å². The van der Waals surface area contributed by atoms with E-state index in [2.05, 4.69) is 173 Å². The number of furan rings is 3. The van der Waals surface area contributed by atoms with Crippen LogP contribution in [-0.2, 0) is 0 Å². The molecule has 63 heavy (non-hydrogen) atoms. The van der Waals surface area contributed by atoms with Crippen molar-refractivity contribution in [3.63, 3.8) is 0 Å². The first kappa shape index (κ1) is 36.8. The summed E-state index contributed by atoms with van der Waals surface area (Å²) in [5, 5.41) is 24.0. The van der Waals surface area contributed by atoms with Crippen LogP contribution in [0.1, 0.15) is 38.9 Å². The van der Waals surface area contributed by atoms with Crippen LogP contribution in [0.5, 0.6) is 0 Å². The second-order valence-corrected chi connectivity index (χ2v) is 17.3. The maximum absolute atomic E-state index is 10.5. The average molecular weight is 816 g/mol. The third kappa shape index (κ3) is 5.70. The summed E-state index contributed by atoms with van der Waals surface area (Å²) in [6, 6.07) is 49.5. The minimum Gasteiger partial charge on any atom is -0.456 e. The van der Waals surface area contributed by atoms with E-state index in [1.807, 2.05) is 18.2 Å². The molecule has 1 N–H and O–H groups in total. The summed E-state index contributed by atoms with van der Waals surface area (Å²) in [6.07, 6.45) is 0. The molecular formula is C57H41N3O3. The van der Waals surface area contributed by atoms with Crippen LogP contribution >= 0.6 is 0 Å². The number of benzene rings is 9. The first-order valence-electron chi connectivity index (χ1n) is 21.4. The lowest BCUT2D eigenvalue weighted by Gasteiger charge is -2.27. The Bertz CT molecular complexity index is 3940. The molecule has 0 fully saturated rings. The van der Waals surface area contributed by atoms with Crippen molar-refractivity contribution >= 4 is 116 Å². The van der Waals surface area contributed by atoms with Crippen LogP contribution in [0.25, 0.3) is 87.4 Å². The van der Waals surface area contributed by atoms with Gasteiger partial charge in [-0.1, -0.05) is 30.3 Å². The van der Waals surface area contributed by atoms with Gasteiger partial charge < -0.3 is 23.5 Å². The topological polar surface area (TPSA) is 78.5 Å². The molecule has 12 aromatic rings. The van der Waals surface area contributed by atoms with Gasteiger partial charge in [-0.15, -0.1) is 0 Å². The van der Waals surface area contributed by atoms with Crippen molar-refractivity contribution in [3.8, 4) is 6.07 Å². The number of hydrogen-bond acceptors (Lipinski definition) is 6. The van der Waals surface area contributed by atoms with E-state index in [9.17, 15) is 5.26 Å². The Morgan fingerprint density at radius 2 is 1.03 bits per heavy atom. The lowest BCUT2D eigenvalue weighted by atomic mass is 10.00. The molecular weight excluding hydrogens is 775 g/mol. The quantitative estimate of drug-likeness (QED) is 0.186. The van der Waals surface area contributed by atoms with Gasteiger partial charge in [-0.05, 0) is 200 Å². The number of anilines is 5. The number of aryl methyl sites for hydroxylation is 4. The number of para-hydroxylation sites is 1. The van der Waals surface area contributed by atoms with Gasteiger partial charge in [0, 0.05) is 55.4 Å². The third-order valence-electron chi connectivity index (χ3n) is 13.5. The Balaban J connectivity index is 1.00. The normalized spacial score (nSPS) is 12.0. The predicted molar refractivity (Wildman–Crippen MR) is 261 cm³/mol. The molecule has 0 spiro atoms. The fourth-order valence-corrected chi connectivity index (χ4v) is 9.66. The summed E-state index contributed by atoms with van der Waals surface area (Å²) in [6.45, 7) is 13.0. The molecule has 0 saturated heterocycles. The van der Waals surface area contributed by atoms with Crippen LogP contribution in [-0.4, -0.2) is 0 Å². The molecule has 0 radical (unpaired) electrons. The molecule has 12 rings (SSSR count). The zero-order valence-electron chi connectivity index (χ0n) is 35.8. The first-order valence-corrected chi connectivity index (χ1v) is 21.4. The van der Waals surface area contributed by atoms with E-state index >= 15 is 0 Å². The molecule has 0 aliphatic heterocycles. The van der Waals surface area contributed by atoms with Crippen molar-refractivity contribution in [2.24, 2.45) is 0 Å². The van der Waals surface area contributed by atoms with Gasteiger partial charge in [-0.25, -0.2) is 0 Å². The molecule has 0 aliphatic carbocycles. The van der Waals surface area contributed by atoms with E-state index in [0.717, 1.165) is 99.0 Å². The van der Waals surface area contributed by atoms with Crippen LogP contribution in [0.15, 0.2) is 147 Å². The molecule has 0 atom stereocenters. The van der Waals surface area contributed by atoms with Gasteiger partial charge in [-0.3, -0.25) is 0 Å². The van der Waals surface area contributed by atoms with Crippen LogP contribution in [0.4, 0.5) is 28.4 Å². The van der Waals surface area contributed by atoms with Gasteiger partial charge in [0.25, 0.3) is 0 Å². The van der Waals surface area contributed by atoms with Crippen LogP contribution < -0.4 is 10.2 Å². The van der Waals surface area contributed by atoms with Crippen LogP contribution in [0, 0.1) is 52.9 Å². The molecule has 3 heterocycles. The average Bonchev–Trinajstić information content (AvgIpc) is 3.96. The van der Waals surface area contributed by atoms with E-state index in [4.69, 9.17) is 13.3 Å². The Labute approximate surface area is 363 Å². The summed E-state index contributed by atoms with van der Waals surface area (Å²) in [5.74, 6) is 0. The standard InChI is InChI=1S/C57H41N3O3/c1-30-17-42(18-31(2)34(30)5)59-41-13-11-36-24-50-54(26-38(36)21-41)62-56-40(29-58)25-49-47-23-37-12-14-43(22-39(37)27-53(47)63-57(49)55(50)56)60(45-19-32(3)35(6)33(4)20-45)44-15-16-52-48(28-44)46-9-7-8-10-51(46)61-52/h7-28,59H,1-6H3. The number of fused-ring (bicyclic) bond motifs is 12. The van der Waals surface area contributed by atoms with Crippen molar-refractivity contribution in [3.05, 3.63) is 172 Å². The van der Waals surface area contributed by atoms with Gasteiger partial charge in [0.05, 0.1) is 10.9 Å². The van der Waals surface area contributed by atoms with Crippen molar-refractivity contribution < 1.29 is 13.3 Å². The number of nitriles is 1. The number of nitrogens with one attached hydrogen (secondary N) is 1. The molecule has 9 aromatic carbocycles. The summed E-state index contributed by atoms with van der Waals surface area (Å²) < 4.78 is 19.6. The van der Waals surface area contributed by atoms with Crippen LogP contribution in [0.2, 0.25) is 0 Å². The Morgan fingerprint density at radius 1 is 0.429 bits per heavy atom. The first-order chi connectivity index (χ1) is 30.6. The lowest BCUT2D eigenvalue weighted by molar-refractivity contribution is 0.662. The maximum Gasteiger partial charge on any atom is 0.156 e. The van der Waals surface area contributed by atoms with E-state index < -0.39 is 0 Å². The minimum absolute atomic E-state index is 0.477. The van der Waals surface area contributed by atoms with Crippen molar-refractivity contribution in [2.45, 2.75) is 41.5 Å². The SMILES string of the molecule is Cc1cc(Nc2ccc3cc4c(cc3c2)oc2c(C#N)cc3c5cc6ccc(N(c7cc(C)c(C)c(C)c7)c7ccc8oc9ccccc9c8c7)cc6cc5oc3c24)cc(C)c1C. The minimum atomic E-state index is 0.477. The van der Waals surface area contributed by atoms with E-state index in [0.29, 0.717) is 22.3 Å². The highest BCUT2D eigenvalue weighted by atomic mass is 16.3. The Morgan fingerprint density at radius 3 is 1.79 bits per heavy atom. The fraction of sp³-hybridized carbons (Fsp3) is 0.105. The predicted octanol–water partition coefficient (Wildman–Crippen LogP) is 16.6. The summed E-state index contributed by atoms with van der Waals surface area (Å²) in [5.41, 5.74) is 17.7. The monoisotopic (exact) mass is 815 g/mol. The van der Waals surface area contributed by atoms with Gasteiger partial charge in [0.15, 0.2) is 5.58 Å². The van der Waals surface area contributed by atoms with E-state index in [1.165, 1.54) is 33.4 Å². The van der Waals surface area contributed by atoms with Gasteiger partial charge >= 0.3 is 0 Å². The fourth-order valence-electron chi connectivity index (χ4n) is 9.66. The van der Waals surface area contributed by atoms with E-state index in [-0.39, 0.29) is 0 Å². The molecule has 6 heteroatoms. The number of nitrogens with zero attached hydrogens (tertiary/aromatic N) is 2. The number of hydrogen-bond donors (Lipinski definition) is 1. The van der Waals surface area contributed by atoms with E-state index in [1.54, 1.807) is 0 Å². The van der Waals surface area contributed by atoms with Gasteiger partial charge in [-0.2, -0.15) is 5.26 Å². The zero-order valence-corrected chi connectivity index (χ0v) is 35.8.